The molecular formula is C14H18N2O5S. The number of hydrogen-bond donors (Lipinski definition) is 3. The number of nitrogens with one attached hydrogen (secondary N) is 2. The molecule has 0 bridgehead atoms. The summed E-state index contributed by atoms with van der Waals surface area (Å²) < 4.78 is 5.02. The summed E-state index contributed by atoms with van der Waals surface area (Å²) in [6.07, 6.45) is 1.47. The van der Waals surface area contributed by atoms with E-state index in [1.165, 1.54) is 17.4 Å². The molecule has 0 radical (unpaired) electrons. The number of carboxylic acid groups (broad SMARTS) is 1. The minimum absolute atomic E-state index is 0.0128. The van der Waals surface area contributed by atoms with Gasteiger partial charge < -0.3 is 20.5 Å². The largest absolute Gasteiger partial charge is 0.480 e. The summed E-state index contributed by atoms with van der Waals surface area (Å²) in [6.45, 7) is 3.63. The lowest BCUT2D eigenvalue weighted by molar-refractivity contribution is -0.143. The number of amides is 2. The number of aliphatic carboxylic acids is 1. The van der Waals surface area contributed by atoms with Gasteiger partial charge in [0.15, 0.2) is 6.04 Å². The molecule has 8 heteroatoms. The minimum atomic E-state index is -1.18. The Morgan fingerprint density at radius 2 is 2.23 bits per heavy atom. The van der Waals surface area contributed by atoms with Gasteiger partial charge in [0, 0.05) is 23.9 Å². The lowest BCUT2D eigenvalue weighted by Gasteiger charge is -2.14. The molecule has 1 unspecified atom stereocenters. The normalized spacial score (nSPS) is 11.5. The fourth-order valence-electron chi connectivity index (χ4n) is 1.50. The van der Waals surface area contributed by atoms with Gasteiger partial charge in [0.1, 0.15) is 0 Å². The van der Waals surface area contributed by atoms with E-state index < -0.39 is 17.9 Å². The average Bonchev–Trinajstić information content (AvgIpc) is 3.00. The molecule has 1 rings (SSSR count). The van der Waals surface area contributed by atoms with E-state index in [4.69, 9.17) is 9.84 Å². The first-order valence-corrected chi connectivity index (χ1v) is 7.50. The Morgan fingerprint density at radius 3 is 2.82 bits per heavy atom. The predicted molar refractivity (Wildman–Crippen MR) is 81.9 cm³/mol. The van der Waals surface area contributed by atoms with E-state index in [9.17, 15) is 14.4 Å². The van der Waals surface area contributed by atoms with Crippen molar-refractivity contribution in [2.45, 2.75) is 12.5 Å². The van der Waals surface area contributed by atoms with Gasteiger partial charge in [0.25, 0.3) is 5.91 Å². The summed E-state index contributed by atoms with van der Waals surface area (Å²) in [5, 5.41) is 17.4. The van der Waals surface area contributed by atoms with Gasteiger partial charge in [0.2, 0.25) is 5.91 Å². The van der Waals surface area contributed by atoms with Crippen LogP contribution in [0.2, 0.25) is 0 Å². The Bertz CT molecular complexity index is 515. The second kappa shape index (κ2) is 9.69. The molecule has 1 aromatic rings. The fourth-order valence-corrected chi connectivity index (χ4v) is 2.13. The van der Waals surface area contributed by atoms with Gasteiger partial charge in [-0.3, -0.25) is 9.59 Å². The average molecular weight is 326 g/mol. The second-order valence-corrected chi connectivity index (χ2v) is 5.08. The van der Waals surface area contributed by atoms with Crippen molar-refractivity contribution in [3.05, 3.63) is 35.0 Å². The van der Waals surface area contributed by atoms with Crippen LogP contribution < -0.4 is 10.6 Å². The van der Waals surface area contributed by atoms with Gasteiger partial charge in [-0.1, -0.05) is 6.08 Å². The lowest BCUT2D eigenvalue weighted by Crippen LogP contribution is -2.44. The number of carbonyl (C=O) groups excluding carboxylic acids is 2. The third-order valence-electron chi connectivity index (χ3n) is 2.57. The minimum Gasteiger partial charge on any atom is -0.480 e. The zero-order valence-corrected chi connectivity index (χ0v) is 12.7. The molecule has 0 saturated heterocycles. The molecule has 0 aliphatic rings. The molecule has 0 fully saturated rings. The summed E-state index contributed by atoms with van der Waals surface area (Å²) in [4.78, 5) is 34.3. The number of ether oxygens (including phenoxy) is 1. The lowest BCUT2D eigenvalue weighted by atomic mass is 10.2. The first-order valence-electron chi connectivity index (χ1n) is 6.55. The van der Waals surface area contributed by atoms with Crippen LogP contribution in [0.25, 0.3) is 0 Å². The van der Waals surface area contributed by atoms with Crippen LogP contribution in [-0.2, 0) is 14.3 Å². The summed E-state index contributed by atoms with van der Waals surface area (Å²) in [6, 6.07) is 0.553. The van der Waals surface area contributed by atoms with Crippen LogP contribution >= 0.6 is 11.3 Å². The fraction of sp³-hybridized carbons (Fsp3) is 0.357. The topological polar surface area (TPSA) is 105 Å². The molecule has 22 heavy (non-hydrogen) atoms. The molecule has 0 aliphatic heterocycles. The van der Waals surface area contributed by atoms with E-state index in [1.807, 2.05) is 0 Å². The predicted octanol–water partition coefficient (Wildman–Crippen LogP) is 0.640. The van der Waals surface area contributed by atoms with Crippen LogP contribution in [0.15, 0.2) is 29.5 Å². The Kier molecular flexibility index (Phi) is 7.87. The second-order valence-electron chi connectivity index (χ2n) is 4.30. The van der Waals surface area contributed by atoms with Gasteiger partial charge in [-0.25, -0.2) is 4.79 Å². The van der Waals surface area contributed by atoms with Crippen LogP contribution in [0.4, 0.5) is 0 Å². The van der Waals surface area contributed by atoms with Crippen molar-refractivity contribution in [1.82, 2.24) is 10.6 Å². The highest BCUT2D eigenvalue weighted by molar-refractivity contribution is 7.08. The maximum Gasteiger partial charge on any atom is 0.328 e. The molecule has 0 spiro atoms. The first-order chi connectivity index (χ1) is 10.5. The zero-order chi connectivity index (χ0) is 16.4. The van der Waals surface area contributed by atoms with E-state index >= 15 is 0 Å². The summed E-state index contributed by atoms with van der Waals surface area (Å²) in [7, 11) is 0. The molecule has 0 aliphatic carbocycles. The van der Waals surface area contributed by atoms with Gasteiger partial charge in [-0.2, -0.15) is 11.3 Å². The molecule has 1 atom stereocenters. The highest BCUT2D eigenvalue weighted by Gasteiger charge is 2.19. The molecule has 120 valence electrons. The quantitative estimate of drug-likeness (QED) is 0.432. The Morgan fingerprint density at radius 1 is 1.45 bits per heavy atom. The number of rotatable bonds is 10. The van der Waals surface area contributed by atoms with E-state index in [0.717, 1.165) is 0 Å². The van der Waals surface area contributed by atoms with E-state index in [1.54, 1.807) is 16.8 Å². The standard InChI is InChI=1S/C14H18N2O5S/c1-2-6-21-8-11(14(19)20)16-12(17)3-5-15-13(18)10-4-7-22-9-10/h2,4,7,9,11H,1,3,5-6,8H2,(H,15,18)(H,16,17)(H,19,20). The Labute approximate surface area is 132 Å². The highest BCUT2D eigenvalue weighted by Crippen LogP contribution is 2.05. The van der Waals surface area contributed by atoms with Crippen LogP contribution in [0.3, 0.4) is 0 Å². The molecule has 0 saturated carbocycles. The molecule has 7 nitrogen and oxygen atoms in total. The molecular weight excluding hydrogens is 308 g/mol. The van der Waals surface area contributed by atoms with Crippen molar-refractivity contribution in [2.24, 2.45) is 0 Å². The number of thiophene rings is 1. The summed E-state index contributed by atoms with van der Waals surface area (Å²) in [5.74, 6) is -1.92. The Balaban J connectivity index is 2.29. The van der Waals surface area contributed by atoms with E-state index in [0.29, 0.717) is 5.56 Å². The molecule has 0 aromatic carbocycles. The van der Waals surface area contributed by atoms with Crippen molar-refractivity contribution < 1.29 is 24.2 Å². The smallest absolute Gasteiger partial charge is 0.328 e. The van der Waals surface area contributed by atoms with Gasteiger partial charge in [-0.05, 0) is 11.4 Å². The molecule has 2 amide bonds. The molecule has 1 aromatic heterocycles. The van der Waals surface area contributed by atoms with Gasteiger partial charge in [-0.15, -0.1) is 6.58 Å². The summed E-state index contributed by atoms with van der Waals surface area (Å²) >= 11 is 1.40. The van der Waals surface area contributed by atoms with Crippen LogP contribution in [-0.4, -0.2) is 48.7 Å². The van der Waals surface area contributed by atoms with Crippen LogP contribution in [0, 0.1) is 0 Å². The van der Waals surface area contributed by atoms with Crippen molar-refractivity contribution in [3.63, 3.8) is 0 Å². The monoisotopic (exact) mass is 326 g/mol. The zero-order valence-electron chi connectivity index (χ0n) is 11.9. The third-order valence-corrected chi connectivity index (χ3v) is 3.26. The van der Waals surface area contributed by atoms with Crippen molar-refractivity contribution >= 4 is 29.1 Å². The van der Waals surface area contributed by atoms with E-state index in [-0.39, 0.29) is 32.1 Å². The van der Waals surface area contributed by atoms with Crippen molar-refractivity contribution in [1.29, 1.82) is 0 Å². The van der Waals surface area contributed by atoms with Gasteiger partial charge in [0.05, 0.1) is 13.2 Å². The summed E-state index contributed by atoms with van der Waals surface area (Å²) in [5.41, 5.74) is 0.534. The SMILES string of the molecule is C=CCOCC(NC(=O)CCNC(=O)c1ccsc1)C(=O)O. The maximum atomic E-state index is 11.7. The van der Waals surface area contributed by atoms with Gasteiger partial charge >= 0.3 is 5.97 Å². The first kappa shape index (κ1) is 17.9. The number of hydrogen-bond acceptors (Lipinski definition) is 5. The third kappa shape index (κ3) is 6.51. The molecule has 3 N–H and O–H groups in total. The van der Waals surface area contributed by atoms with Crippen molar-refractivity contribution in [3.8, 4) is 0 Å². The van der Waals surface area contributed by atoms with E-state index in [2.05, 4.69) is 17.2 Å². The maximum absolute atomic E-state index is 11.7. The Hall–Kier alpha value is -2.19. The highest BCUT2D eigenvalue weighted by atomic mass is 32.1. The van der Waals surface area contributed by atoms with Crippen LogP contribution in [0.5, 0.6) is 0 Å². The number of carboxylic acids is 1. The number of carbonyl (C=O) groups is 3. The molecule has 1 heterocycles. The van der Waals surface area contributed by atoms with Crippen LogP contribution in [0.1, 0.15) is 16.8 Å². The van der Waals surface area contributed by atoms with Crippen molar-refractivity contribution in [2.75, 3.05) is 19.8 Å².